The molecule has 0 bridgehead atoms. The fourth-order valence-electron chi connectivity index (χ4n) is 4.62. The Kier molecular flexibility index (Phi) is 8.09. The number of Topliss-reactive ketones (excluding diaryl/α,β-unsaturated/α-hetero) is 1. The van der Waals surface area contributed by atoms with Crippen LogP contribution in [0.1, 0.15) is 28.8 Å². The third-order valence-corrected chi connectivity index (χ3v) is 6.69. The minimum atomic E-state index is -1.37. The fourth-order valence-corrected chi connectivity index (χ4v) is 4.81. The minimum absolute atomic E-state index is 0.0503. The molecule has 1 saturated heterocycles. The number of fused-ring (bicyclic) bond motifs is 1. The number of aromatic nitrogens is 1. The van der Waals surface area contributed by atoms with Crippen molar-refractivity contribution in [3.05, 3.63) is 64.6 Å². The van der Waals surface area contributed by atoms with Crippen molar-refractivity contribution < 1.29 is 33.0 Å². The first kappa shape index (κ1) is 26.6. The second-order valence-electron chi connectivity index (χ2n) is 8.86. The number of ether oxygens (including phenoxy) is 1. The molecule has 1 aromatic heterocycles. The van der Waals surface area contributed by atoms with Gasteiger partial charge in [-0.05, 0) is 30.2 Å². The average molecular weight is 534 g/mol. The third-order valence-electron chi connectivity index (χ3n) is 6.40. The Balaban J connectivity index is 1.53. The first-order valence-corrected chi connectivity index (χ1v) is 12.1. The summed E-state index contributed by atoms with van der Waals surface area (Å²) in [4.78, 5) is 39.4. The van der Waals surface area contributed by atoms with Crippen LogP contribution in [0.5, 0.6) is 5.75 Å². The third kappa shape index (κ3) is 5.75. The Hall–Kier alpha value is -3.50. The lowest BCUT2D eigenvalue weighted by atomic mass is 10.0. The lowest BCUT2D eigenvalue weighted by Crippen LogP contribution is -2.42. The number of aryl methyl sites for hydroxylation is 1. The molecular formula is C26H26ClF2N3O5. The number of hydrogen-bond acceptors (Lipinski definition) is 5. The van der Waals surface area contributed by atoms with E-state index in [1.165, 1.54) is 27.8 Å². The van der Waals surface area contributed by atoms with Crippen LogP contribution in [0.2, 0.25) is 5.02 Å². The molecule has 8 nitrogen and oxygen atoms in total. The van der Waals surface area contributed by atoms with Gasteiger partial charge in [-0.1, -0.05) is 23.7 Å². The van der Waals surface area contributed by atoms with Gasteiger partial charge in [-0.25, -0.2) is 8.78 Å². The molecule has 0 unspecified atom stereocenters. The Morgan fingerprint density at radius 3 is 2.73 bits per heavy atom. The number of carbonyl (C=O) groups is 3. The van der Waals surface area contributed by atoms with Crippen LogP contribution in [-0.2, 0) is 22.6 Å². The molecule has 1 fully saturated rings. The summed E-state index contributed by atoms with van der Waals surface area (Å²) in [5.74, 6) is -1.77. The Labute approximate surface area is 216 Å². The topological polar surface area (TPSA) is 115 Å². The van der Waals surface area contributed by atoms with Crippen LogP contribution < -0.4 is 10.5 Å². The largest absolute Gasteiger partial charge is 0.491 e. The number of nitrogens with two attached hydrogens (primary N) is 1. The molecule has 0 spiro atoms. The number of ketones is 1. The molecule has 4 rings (SSSR count). The maximum Gasteiger partial charge on any atom is 0.250 e. The number of alkyl halides is 1. The van der Waals surface area contributed by atoms with E-state index in [-0.39, 0.29) is 67.5 Å². The average Bonchev–Trinajstić information content (AvgIpc) is 3.44. The molecule has 196 valence electrons. The van der Waals surface area contributed by atoms with Gasteiger partial charge in [0, 0.05) is 30.5 Å². The molecule has 2 heterocycles. The van der Waals surface area contributed by atoms with E-state index in [2.05, 4.69) is 0 Å². The number of hydrogen-bond donors (Lipinski definition) is 2. The SMILES string of the molecule is NC(=O)c1cn(CC(=O)N2C[C@H](F)C[C@H]2C(=O)CCc2cccc(Cl)c2F)c2cc(OCCO)ccc12. The molecule has 0 saturated carbocycles. The highest BCUT2D eigenvalue weighted by molar-refractivity contribution is 6.30. The molecule has 2 atom stereocenters. The van der Waals surface area contributed by atoms with Crippen molar-refractivity contribution >= 4 is 40.1 Å². The number of carbonyl (C=O) groups excluding carboxylic acids is 3. The lowest BCUT2D eigenvalue weighted by Gasteiger charge is -2.24. The van der Waals surface area contributed by atoms with Crippen LogP contribution in [0, 0.1) is 5.82 Å². The summed E-state index contributed by atoms with van der Waals surface area (Å²) < 4.78 is 35.5. The highest BCUT2D eigenvalue weighted by Crippen LogP contribution is 2.28. The van der Waals surface area contributed by atoms with Crippen LogP contribution in [-0.4, -0.2) is 64.1 Å². The summed E-state index contributed by atoms with van der Waals surface area (Å²) in [6.45, 7) is -0.647. The zero-order valence-corrected chi connectivity index (χ0v) is 20.6. The number of rotatable bonds is 10. The second-order valence-corrected chi connectivity index (χ2v) is 9.27. The molecular weight excluding hydrogens is 508 g/mol. The van der Waals surface area contributed by atoms with Crippen LogP contribution in [0.15, 0.2) is 42.6 Å². The monoisotopic (exact) mass is 533 g/mol. The number of nitrogens with zero attached hydrogens (tertiary/aromatic N) is 2. The molecule has 1 aliphatic rings. The van der Waals surface area contributed by atoms with E-state index in [1.54, 1.807) is 24.3 Å². The van der Waals surface area contributed by atoms with E-state index in [0.29, 0.717) is 16.7 Å². The quantitative estimate of drug-likeness (QED) is 0.416. The highest BCUT2D eigenvalue weighted by atomic mass is 35.5. The van der Waals surface area contributed by atoms with Crippen LogP contribution >= 0.6 is 11.6 Å². The summed E-state index contributed by atoms with van der Waals surface area (Å²) >= 11 is 5.80. The van der Waals surface area contributed by atoms with Crippen LogP contribution in [0.4, 0.5) is 8.78 Å². The van der Waals surface area contributed by atoms with Gasteiger partial charge in [-0.2, -0.15) is 0 Å². The smallest absolute Gasteiger partial charge is 0.250 e. The van der Waals surface area contributed by atoms with E-state index in [1.807, 2.05) is 0 Å². The van der Waals surface area contributed by atoms with Gasteiger partial charge in [-0.15, -0.1) is 0 Å². The van der Waals surface area contributed by atoms with Crippen molar-refractivity contribution in [1.82, 2.24) is 9.47 Å². The summed E-state index contributed by atoms with van der Waals surface area (Å²) in [6, 6.07) is 8.37. The van der Waals surface area contributed by atoms with Crippen molar-refractivity contribution in [3.63, 3.8) is 0 Å². The number of amides is 2. The van der Waals surface area contributed by atoms with Gasteiger partial charge in [0.25, 0.3) is 5.91 Å². The molecule has 0 aliphatic carbocycles. The van der Waals surface area contributed by atoms with Crippen LogP contribution in [0.3, 0.4) is 0 Å². The minimum Gasteiger partial charge on any atom is -0.491 e. The van der Waals surface area contributed by atoms with E-state index in [9.17, 15) is 23.2 Å². The molecule has 11 heteroatoms. The predicted molar refractivity (Wildman–Crippen MR) is 133 cm³/mol. The van der Waals surface area contributed by atoms with Gasteiger partial charge in [0.05, 0.1) is 35.3 Å². The molecule has 2 amide bonds. The molecule has 3 aromatic rings. The highest BCUT2D eigenvalue weighted by Gasteiger charge is 2.39. The van der Waals surface area contributed by atoms with Gasteiger partial charge in [0.15, 0.2) is 5.78 Å². The van der Waals surface area contributed by atoms with E-state index in [0.717, 1.165) is 0 Å². The van der Waals surface area contributed by atoms with Crippen LogP contribution in [0.25, 0.3) is 10.9 Å². The second kappa shape index (κ2) is 11.3. The van der Waals surface area contributed by atoms with Crippen molar-refractivity contribution in [2.24, 2.45) is 5.73 Å². The van der Waals surface area contributed by atoms with Crippen molar-refractivity contribution in [2.75, 3.05) is 19.8 Å². The lowest BCUT2D eigenvalue weighted by molar-refractivity contribution is -0.138. The predicted octanol–water partition coefficient (Wildman–Crippen LogP) is 3.04. The summed E-state index contributed by atoms with van der Waals surface area (Å²) in [6.07, 6.45) is -0.0886. The van der Waals surface area contributed by atoms with E-state index < -0.39 is 29.8 Å². The van der Waals surface area contributed by atoms with Crippen molar-refractivity contribution in [2.45, 2.75) is 38.0 Å². The Morgan fingerprint density at radius 2 is 2.00 bits per heavy atom. The maximum atomic E-state index is 14.4. The normalized spacial score (nSPS) is 17.4. The summed E-state index contributed by atoms with van der Waals surface area (Å²) in [7, 11) is 0. The number of aliphatic hydroxyl groups is 1. The standard InChI is InChI=1S/C26H26ClF2N3O5/c27-20-3-1-2-15(25(20)29)4-7-23(34)22-10-16(28)12-32(22)24(35)14-31-13-19(26(30)36)18-6-5-17(11-21(18)31)37-9-8-33/h1-3,5-6,11,13,16,22,33H,4,7-10,12,14H2,(H2,30,36)/t16-,22+/m1/s1. The first-order valence-electron chi connectivity index (χ1n) is 11.7. The number of aliphatic hydroxyl groups excluding tert-OH is 1. The van der Waals surface area contributed by atoms with Crippen molar-refractivity contribution in [3.8, 4) is 5.75 Å². The van der Waals surface area contributed by atoms with Gasteiger partial charge in [0.2, 0.25) is 5.91 Å². The van der Waals surface area contributed by atoms with Gasteiger partial charge in [0.1, 0.15) is 30.9 Å². The zero-order valence-electron chi connectivity index (χ0n) is 19.8. The van der Waals surface area contributed by atoms with Gasteiger partial charge in [-0.3, -0.25) is 14.4 Å². The van der Waals surface area contributed by atoms with Gasteiger partial charge >= 0.3 is 0 Å². The van der Waals surface area contributed by atoms with E-state index >= 15 is 0 Å². The summed E-state index contributed by atoms with van der Waals surface area (Å²) in [5.41, 5.74) is 6.45. The zero-order chi connectivity index (χ0) is 26.7. The molecule has 0 radical (unpaired) electrons. The molecule has 2 aromatic carbocycles. The first-order chi connectivity index (χ1) is 17.7. The molecule has 3 N–H and O–H groups in total. The number of primary amides is 1. The van der Waals surface area contributed by atoms with E-state index in [4.69, 9.17) is 27.2 Å². The van der Waals surface area contributed by atoms with Gasteiger partial charge < -0.3 is 25.0 Å². The number of benzene rings is 2. The molecule has 37 heavy (non-hydrogen) atoms. The Bertz CT molecular complexity index is 1350. The summed E-state index contributed by atoms with van der Waals surface area (Å²) in [5, 5.41) is 9.46. The number of halogens is 3. The fraction of sp³-hybridized carbons (Fsp3) is 0.346. The Morgan fingerprint density at radius 1 is 1.22 bits per heavy atom. The maximum absolute atomic E-state index is 14.4. The molecule has 1 aliphatic heterocycles. The number of likely N-dealkylation sites (tertiary alicyclic amines) is 1. The van der Waals surface area contributed by atoms with Crippen molar-refractivity contribution in [1.29, 1.82) is 0 Å².